The number of aliphatic hydroxyl groups excluding tert-OH is 3. The standard InChI is InChI=1S/C37H62O16/c1-11-23(10)35(45)51-32-25(17-46-26(39)12-19(2)3)52-37(18-47-27(40)13-20(4)5,34(32)50-29(42)15-22(8)9)53-36-33(49-28(41)14-21(6)7)31(44)30(43)24(16-38)48-36/h19-25,30-34,36,38,43-44H,11-18H2,1-10H3/t23-,24-,25-,30-,31+,32-,33-,34+,36-,37+/m1/s1. The zero-order valence-electron chi connectivity index (χ0n) is 32.8. The van der Waals surface area contributed by atoms with Crippen LogP contribution < -0.4 is 0 Å². The van der Waals surface area contributed by atoms with Gasteiger partial charge >= 0.3 is 29.8 Å². The Labute approximate surface area is 312 Å². The molecule has 0 amide bonds. The molecule has 306 valence electrons. The van der Waals surface area contributed by atoms with Crippen LogP contribution in [0.5, 0.6) is 0 Å². The average molecular weight is 763 g/mol. The van der Waals surface area contributed by atoms with E-state index in [0.29, 0.717) is 6.42 Å². The van der Waals surface area contributed by atoms with E-state index in [1.54, 1.807) is 55.4 Å². The minimum absolute atomic E-state index is 0.0383. The highest BCUT2D eigenvalue weighted by molar-refractivity contribution is 5.73. The third-order valence-electron chi connectivity index (χ3n) is 8.52. The predicted molar refractivity (Wildman–Crippen MR) is 185 cm³/mol. The molecular formula is C37H62O16. The summed E-state index contributed by atoms with van der Waals surface area (Å²) in [5, 5.41) is 31.9. The summed E-state index contributed by atoms with van der Waals surface area (Å²) < 4.78 is 47.3. The fourth-order valence-electron chi connectivity index (χ4n) is 5.59. The molecular weight excluding hydrogens is 700 g/mol. The Balaban J connectivity index is 2.79. The summed E-state index contributed by atoms with van der Waals surface area (Å²) >= 11 is 0. The van der Waals surface area contributed by atoms with Crippen molar-refractivity contribution in [3.63, 3.8) is 0 Å². The second-order valence-electron chi connectivity index (χ2n) is 15.6. The van der Waals surface area contributed by atoms with Gasteiger partial charge in [-0.1, -0.05) is 69.2 Å². The van der Waals surface area contributed by atoms with Crippen LogP contribution in [0.1, 0.15) is 101 Å². The lowest BCUT2D eigenvalue weighted by Gasteiger charge is -2.45. The first-order valence-corrected chi connectivity index (χ1v) is 18.6. The number of carbonyl (C=O) groups is 5. The molecule has 2 aliphatic heterocycles. The molecule has 0 saturated carbocycles. The van der Waals surface area contributed by atoms with Gasteiger partial charge in [-0.3, -0.25) is 24.0 Å². The Hall–Kier alpha value is -2.89. The number of aliphatic hydroxyl groups is 3. The number of ether oxygens (including phenoxy) is 8. The molecule has 2 aliphatic rings. The van der Waals surface area contributed by atoms with Crippen LogP contribution in [0.4, 0.5) is 0 Å². The number of esters is 5. The maximum absolute atomic E-state index is 13.4. The minimum Gasteiger partial charge on any atom is -0.463 e. The van der Waals surface area contributed by atoms with E-state index in [9.17, 15) is 39.3 Å². The van der Waals surface area contributed by atoms with Crippen molar-refractivity contribution >= 4 is 29.8 Å². The summed E-state index contributed by atoms with van der Waals surface area (Å²) in [7, 11) is 0. The first kappa shape index (κ1) is 46.3. The SMILES string of the molecule is CC[C@@H](C)C(=O)O[C@@H]1[C@@H](COC(=O)CC(C)C)O[C@@](COC(=O)CC(C)C)(O[C@H]2O[C@H](CO)[C@@H](O)[C@H](O)[C@H]2OC(=O)CC(C)C)[C@H]1OC(=O)CC(C)C. The number of hydrogen-bond donors (Lipinski definition) is 3. The van der Waals surface area contributed by atoms with Gasteiger partial charge in [-0.05, 0) is 30.1 Å². The van der Waals surface area contributed by atoms with E-state index in [0.717, 1.165) is 0 Å². The van der Waals surface area contributed by atoms with E-state index in [2.05, 4.69) is 0 Å². The van der Waals surface area contributed by atoms with E-state index in [1.807, 2.05) is 13.8 Å². The van der Waals surface area contributed by atoms with Crippen LogP contribution in [0.15, 0.2) is 0 Å². The second kappa shape index (κ2) is 21.3. The molecule has 3 N–H and O–H groups in total. The zero-order valence-corrected chi connectivity index (χ0v) is 32.8. The highest BCUT2D eigenvalue weighted by atomic mass is 16.8. The lowest BCUT2D eigenvalue weighted by molar-refractivity contribution is -0.384. The van der Waals surface area contributed by atoms with Gasteiger partial charge in [0.25, 0.3) is 0 Å². The van der Waals surface area contributed by atoms with Gasteiger partial charge in [0.1, 0.15) is 37.6 Å². The minimum atomic E-state index is -2.43. The van der Waals surface area contributed by atoms with E-state index >= 15 is 0 Å². The molecule has 0 unspecified atom stereocenters. The van der Waals surface area contributed by atoms with Crippen molar-refractivity contribution in [1.82, 2.24) is 0 Å². The zero-order chi connectivity index (χ0) is 40.2. The summed E-state index contributed by atoms with van der Waals surface area (Å²) in [6.07, 6.45) is -13.1. The highest BCUT2D eigenvalue weighted by Crippen LogP contribution is 2.41. The Kier molecular flexibility index (Phi) is 18.6. The lowest BCUT2D eigenvalue weighted by atomic mass is 9.98. The second-order valence-corrected chi connectivity index (χ2v) is 15.6. The smallest absolute Gasteiger partial charge is 0.309 e. The van der Waals surface area contributed by atoms with Gasteiger partial charge in [0.05, 0.1) is 12.5 Å². The molecule has 53 heavy (non-hydrogen) atoms. The van der Waals surface area contributed by atoms with Gasteiger partial charge in [-0.25, -0.2) is 0 Å². The average Bonchev–Trinajstić information content (AvgIpc) is 3.31. The van der Waals surface area contributed by atoms with Crippen LogP contribution >= 0.6 is 0 Å². The van der Waals surface area contributed by atoms with Crippen LogP contribution in [0, 0.1) is 29.6 Å². The van der Waals surface area contributed by atoms with Crippen LogP contribution in [-0.2, 0) is 61.9 Å². The topological polar surface area (TPSA) is 220 Å². The largest absolute Gasteiger partial charge is 0.463 e. The van der Waals surface area contributed by atoms with Crippen molar-refractivity contribution in [2.45, 2.75) is 156 Å². The van der Waals surface area contributed by atoms with Crippen LogP contribution in [0.3, 0.4) is 0 Å². The predicted octanol–water partition coefficient (Wildman–Crippen LogP) is 2.59. The first-order valence-electron chi connectivity index (χ1n) is 18.6. The third-order valence-corrected chi connectivity index (χ3v) is 8.52. The summed E-state index contributed by atoms with van der Waals surface area (Å²) in [4.78, 5) is 65.4. The molecule has 2 fully saturated rings. The van der Waals surface area contributed by atoms with Gasteiger partial charge in [0.15, 0.2) is 18.3 Å². The van der Waals surface area contributed by atoms with Gasteiger partial charge in [0.2, 0.25) is 12.1 Å². The summed E-state index contributed by atoms with van der Waals surface area (Å²) in [6, 6.07) is 0. The maximum Gasteiger partial charge on any atom is 0.309 e. The molecule has 0 aromatic rings. The van der Waals surface area contributed by atoms with Gasteiger partial charge in [-0.15, -0.1) is 0 Å². The van der Waals surface area contributed by atoms with Crippen molar-refractivity contribution in [3.8, 4) is 0 Å². The van der Waals surface area contributed by atoms with Crippen molar-refractivity contribution in [1.29, 1.82) is 0 Å². The summed E-state index contributed by atoms with van der Waals surface area (Å²) in [5.41, 5.74) is 0. The van der Waals surface area contributed by atoms with Crippen LogP contribution in [0.25, 0.3) is 0 Å². The summed E-state index contributed by atoms with van der Waals surface area (Å²) in [5.74, 6) is -7.14. The van der Waals surface area contributed by atoms with Crippen LogP contribution in [-0.4, -0.2) is 120 Å². The van der Waals surface area contributed by atoms with Crippen molar-refractivity contribution < 1.29 is 77.2 Å². The fourth-order valence-corrected chi connectivity index (χ4v) is 5.59. The Morgan fingerprint density at radius 1 is 0.660 bits per heavy atom. The molecule has 0 aliphatic carbocycles. The number of rotatable bonds is 20. The van der Waals surface area contributed by atoms with E-state index < -0.39 is 110 Å². The molecule has 0 aromatic heterocycles. The molecule has 16 nitrogen and oxygen atoms in total. The monoisotopic (exact) mass is 762 g/mol. The van der Waals surface area contributed by atoms with E-state index in [4.69, 9.17) is 37.9 Å². The van der Waals surface area contributed by atoms with Gasteiger partial charge in [0, 0.05) is 25.7 Å². The first-order chi connectivity index (χ1) is 24.7. The molecule has 2 heterocycles. The number of hydrogen-bond acceptors (Lipinski definition) is 16. The molecule has 0 aromatic carbocycles. The highest BCUT2D eigenvalue weighted by Gasteiger charge is 2.64. The molecule has 0 bridgehead atoms. The van der Waals surface area contributed by atoms with E-state index in [1.165, 1.54) is 0 Å². The molecule has 0 spiro atoms. The Bertz CT molecular complexity index is 1200. The maximum atomic E-state index is 13.4. The Morgan fingerprint density at radius 2 is 1.17 bits per heavy atom. The third kappa shape index (κ3) is 14.0. The Morgan fingerprint density at radius 3 is 1.68 bits per heavy atom. The van der Waals surface area contributed by atoms with E-state index in [-0.39, 0.29) is 49.4 Å². The summed E-state index contributed by atoms with van der Waals surface area (Å²) in [6.45, 7) is 15.5. The fraction of sp³-hybridized carbons (Fsp3) is 0.865. The molecule has 16 heteroatoms. The molecule has 10 atom stereocenters. The normalized spacial score (nSPS) is 29.3. The van der Waals surface area contributed by atoms with Crippen LogP contribution in [0.2, 0.25) is 0 Å². The van der Waals surface area contributed by atoms with Gasteiger partial charge < -0.3 is 53.2 Å². The molecule has 2 rings (SSSR count). The number of carbonyl (C=O) groups excluding carboxylic acids is 5. The molecule has 2 saturated heterocycles. The van der Waals surface area contributed by atoms with Gasteiger partial charge in [-0.2, -0.15) is 0 Å². The van der Waals surface area contributed by atoms with Crippen molar-refractivity contribution in [2.24, 2.45) is 29.6 Å². The van der Waals surface area contributed by atoms with Crippen molar-refractivity contribution in [3.05, 3.63) is 0 Å². The quantitative estimate of drug-likeness (QED) is 0.120. The molecule has 0 radical (unpaired) electrons. The lowest BCUT2D eigenvalue weighted by Crippen LogP contribution is -2.64. The van der Waals surface area contributed by atoms with Crippen molar-refractivity contribution in [2.75, 3.05) is 19.8 Å².